The van der Waals surface area contributed by atoms with E-state index in [1.165, 1.54) is 19.2 Å². The topological polar surface area (TPSA) is 61.8 Å². The van der Waals surface area contributed by atoms with Crippen LogP contribution in [0.15, 0.2) is 12.1 Å². The van der Waals surface area contributed by atoms with Crippen LogP contribution in [0.4, 0.5) is 4.39 Å². The van der Waals surface area contributed by atoms with E-state index in [1.54, 1.807) is 0 Å². The Morgan fingerprint density at radius 2 is 2.05 bits per heavy atom. The van der Waals surface area contributed by atoms with Crippen LogP contribution in [0.3, 0.4) is 0 Å². The van der Waals surface area contributed by atoms with Crippen molar-refractivity contribution in [1.29, 1.82) is 0 Å². The predicted octanol–water partition coefficient (Wildman–Crippen LogP) is 2.33. The molecule has 0 saturated heterocycles. The molecule has 1 rings (SSSR count). The Bertz CT molecular complexity index is 499. The molecule has 0 aromatic heterocycles. The average Bonchev–Trinajstić information content (AvgIpc) is 2.45. The lowest BCUT2D eigenvalue weighted by atomic mass is 10.0. The van der Waals surface area contributed by atoms with Gasteiger partial charge in [-0.2, -0.15) is 0 Å². The summed E-state index contributed by atoms with van der Waals surface area (Å²) in [6.07, 6.45) is 0.462. The quantitative estimate of drug-likeness (QED) is 0.319. The molecule has 0 unspecified atom stereocenters. The Morgan fingerprint density at radius 1 is 1.33 bits per heavy atom. The summed E-state index contributed by atoms with van der Waals surface area (Å²) in [7, 11) is 1.50. The van der Waals surface area contributed by atoms with Crippen LogP contribution in [0.5, 0.6) is 5.75 Å². The van der Waals surface area contributed by atoms with Crippen LogP contribution in [0.2, 0.25) is 0 Å². The van der Waals surface area contributed by atoms with Gasteiger partial charge in [0, 0.05) is 7.11 Å². The Morgan fingerprint density at radius 3 is 2.62 bits per heavy atom. The molecule has 1 aromatic carbocycles. The van der Waals surface area contributed by atoms with E-state index in [1.807, 2.05) is 13.8 Å². The Kier molecular flexibility index (Phi) is 6.98. The second kappa shape index (κ2) is 8.49. The van der Waals surface area contributed by atoms with Crippen molar-refractivity contribution in [3.05, 3.63) is 29.1 Å². The maximum Gasteiger partial charge on any atom is 0.337 e. The first-order valence-corrected chi connectivity index (χ1v) is 6.55. The second-order valence-corrected chi connectivity index (χ2v) is 4.71. The van der Waals surface area contributed by atoms with Crippen molar-refractivity contribution in [3.8, 4) is 5.75 Å². The van der Waals surface area contributed by atoms with Crippen molar-refractivity contribution >= 4 is 12.3 Å². The molecule has 0 bridgehead atoms. The molecule has 5 nitrogen and oxygen atoms in total. The Labute approximate surface area is 123 Å². The lowest BCUT2D eigenvalue weighted by Crippen LogP contribution is -2.18. The molecule has 0 N–H and O–H groups in total. The standard InChI is InChI=1S/C15H19FO5/c1-10(2)11-6-12(8-17)15(13(16)7-11)21-14(18)9-20-5-4-19-3/h6-8,10H,4-5,9H2,1-3H3. The minimum atomic E-state index is -0.773. The highest BCUT2D eigenvalue weighted by Crippen LogP contribution is 2.27. The summed E-state index contributed by atoms with van der Waals surface area (Å²) < 4.78 is 28.6. The van der Waals surface area contributed by atoms with Crippen molar-refractivity contribution in [2.24, 2.45) is 0 Å². The van der Waals surface area contributed by atoms with E-state index in [-0.39, 0.29) is 30.4 Å². The van der Waals surface area contributed by atoms with Gasteiger partial charge in [0.05, 0.1) is 18.8 Å². The van der Waals surface area contributed by atoms with Crippen LogP contribution in [0, 0.1) is 5.82 Å². The maximum absolute atomic E-state index is 14.0. The van der Waals surface area contributed by atoms with Gasteiger partial charge in [0.1, 0.15) is 6.61 Å². The fourth-order valence-electron chi connectivity index (χ4n) is 1.61. The molecule has 6 heteroatoms. The summed E-state index contributed by atoms with van der Waals surface area (Å²) >= 11 is 0. The number of carbonyl (C=O) groups excluding carboxylic acids is 2. The number of esters is 1. The van der Waals surface area contributed by atoms with E-state index in [0.717, 1.165) is 0 Å². The van der Waals surface area contributed by atoms with E-state index < -0.39 is 11.8 Å². The normalized spacial score (nSPS) is 10.7. The van der Waals surface area contributed by atoms with Crippen LogP contribution in [-0.2, 0) is 14.3 Å². The van der Waals surface area contributed by atoms with Crippen LogP contribution in [-0.4, -0.2) is 39.2 Å². The maximum atomic E-state index is 14.0. The van der Waals surface area contributed by atoms with Crippen LogP contribution >= 0.6 is 0 Å². The van der Waals surface area contributed by atoms with Crippen molar-refractivity contribution in [3.63, 3.8) is 0 Å². The van der Waals surface area contributed by atoms with Gasteiger partial charge in [-0.25, -0.2) is 9.18 Å². The molecule has 0 spiro atoms. The highest BCUT2D eigenvalue weighted by molar-refractivity contribution is 5.83. The summed E-state index contributed by atoms with van der Waals surface area (Å²) in [5.74, 6) is -1.82. The molecule has 0 aliphatic carbocycles. The fourth-order valence-corrected chi connectivity index (χ4v) is 1.61. The molecule has 0 saturated carbocycles. The predicted molar refractivity (Wildman–Crippen MR) is 74.2 cm³/mol. The highest BCUT2D eigenvalue weighted by atomic mass is 19.1. The van der Waals surface area contributed by atoms with Gasteiger partial charge in [-0.1, -0.05) is 13.8 Å². The van der Waals surface area contributed by atoms with Gasteiger partial charge in [0.25, 0.3) is 0 Å². The van der Waals surface area contributed by atoms with Crippen LogP contribution in [0.25, 0.3) is 0 Å². The number of hydrogen-bond acceptors (Lipinski definition) is 5. The number of hydrogen-bond donors (Lipinski definition) is 0. The summed E-state index contributed by atoms with van der Waals surface area (Å²) in [5.41, 5.74) is 0.662. The minimum Gasteiger partial charge on any atom is -0.421 e. The third-order valence-electron chi connectivity index (χ3n) is 2.76. The van der Waals surface area contributed by atoms with E-state index in [2.05, 4.69) is 0 Å². The Balaban J connectivity index is 2.78. The lowest BCUT2D eigenvalue weighted by molar-refractivity contribution is -0.140. The van der Waals surface area contributed by atoms with Crippen LogP contribution in [0.1, 0.15) is 35.7 Å². The number of carbonyl (C=O) groups is 2. The zero-order valence-electron chi connectivity index (χ0n) is 12.3. The third-order valence-corrected chi connectivity index (χ3v) is 2.76. The summed E-state index contributed by atoms with van der Waals surface area (Å²) in [6, 6.07) is 2.77. The number of rotatable bonds is 8. The largest absolute Gasteiger partial charge is 0.421 e. The number of ether oxygens (including phenoxy) is 3. The fraction of sp³-hybridized carbons (Fsp3) is 0.467. The minimum absolute atomic E-state index is 0.00365. The van der Waals surface area contributed by atoms with Crippen LogP contribution < -0.4 is 4.74 Å². The first-order chi connectivity index (χ1) is 9.99. The molecule has 1 aromatic rings. The van der Waals surface area contributed by atoms with Gasteiger partial charge in [0.2, 0.25) is 0 Å². The molecule has 0 amide bonds. The number of halogens is 1. The SMILES string of the molecule is COCCOCC(=O)Oc1c(F)cc(C(C)C)cc1C=O. The Hall–Kier alpha value is -1.79. The van der Waals surface area contributed by atoms with Gasteiger partial charge >= 0.3 is 5.97 Å². The molecule has 0 atom stereocenters. The van der Waals surface area contributed by atoms with E-state index in [4.69, 9.17) is 14.2 Å². The smallest absolute Gasteiger partial charge is 0.337 e. The summed E-state index contributed by atoms with van der Waals surface area (Å²) in [5, 5.41) is 0. The summed E-state index contributed by atoms with van der Waals surface area (Å²) in [4.78, 5) is 22.6. The molecular weight excluding hydrogens is 279 g/mol. The van der Waals surface area contributed by atoms with E-state index in [9.17, 15) is 14.0 Å². The average molecular weight is 298 g/mol. The molecule has 0 fully saturated rings. The second-order valence-electron chi connectivity index (χ2n) is 4.71. The summed E-state index contributed by atoms with van der Waals surface area (Å²) in [6.45, 7) is 3.97. The monoisotopic (exact) mass is 298 g/mol. The first kappa shape index (κ1) is 17.3. The van der Waals surface area contributed by atoms with Crippen molar-refractivity contribution < 1.29 is 28.2 Å². The molecule has 0 heterocycles. The molecule has 21 heavy (non-hydrogen) atoms. The number of methoxy groups -OCH3 is 1. The molecular formula is C15H19FO5. The van der Waals surface area contributed by atoms with Gasteiger partial charge in [-0.15, -0.1) is 0 Å². The van der Waals surface area contributed by atoms with Gasteiger partial charge in [-0.05, 0) is 23.6 Å². The molecule has 0 aliphatic heterocycles. The highest BCUT2D eigenvalue weighted by Gasteiger charge is 2.17. The van der Waals surface area contributed by atoms with Crippen molar-refractivity contribution in [2.75, 3.05) is 26.9 Å². The van der Waals surface area contributed by atoms with Gasteiger partial charge in [-0.3, -0.25) is 4.79 Å². The first-order valence-electron chi connectivity index (χ1n) is 6.55. The third kappa shape index (κ3) is 5.24. The van der Waals surface area contributed by atoms with Gasteiger partial charge in [0.15, 0.2) is 17.9 Å². The van der Waals surface area contributed by atoms with Crippen molar-refractivity contribution in [2.45, 2.75) is 19.8 Å². The van der Waals surface area contributed by atoms with E-state index >= 15 is 0 Å². The van der Waals surface area contributed by atoms with E-state index in [0.29, 0.717) is 18.5 Å². The number of benzene rings is 1. The molecule has 0 radical (unpaired) electrons. The zero-order valence-corrected chi connectivity index (χ0v) is 12.3. The van der Waals surface area contributed by atoms with Crippen molar-refractivity contribution in [1.82, 2.24) is 0 Å². The molecule has 116 valence electrons. The zero-order chi connectivity index (χ0) is 15.8. The lowest BCUT2D eigenvalue weighted by Gasteiger charge is -2.12. The van der Waals surface area contributed by atoms with Gasteiger partial charge < -0.3 is 14.2 Å². The molecule has 0 aliphatic rings. The number of aldehydes is 1.